The van der Waals surface area contributed by atoms with Gasteiger partial charge in [0.15, 0.2) is 0 Å². The van der Waals surface area contributed by atoms with Crippen LogP contribution in [0.3, 0.4) is 0 Å². The summed E-state index contributed by atoms with van der Waals surface area (Å²) in [6.07, 6.45) is 7.38. The molecular formula is C19H44N6. The predicted octanol–water partition coefficient (Wildman–Crippen LogP) is 0.220. The maximum absolute atomic E-state index is 3.56. The molecule has 0 atom stereocenters. The van der Waals surface area contributed by atoms with Crippen molar-refractivity contribution in [2.45, 2.75) is 38.5 Å². The van der Waals surface area contributed by atoms with Crippen LogP contribution in [0.15, 0.2) is 0 Å². The van der Waals surface area contributed by atoms with Gasteiger partial charge in [-0.25, -0.2) is 0 Å². The zero-order valence-corrected chi connectivity index (χ0v) is 16.7. The Morgan fingerprint density at radius 2 is 0.640 bits per heavy atom. The van der Waals surface area contributed by atoms with Gasteiger partial charge < -0.3 is 31.5 Å². The first-order chi connectivity index (χ1) is 12.4. The number of hydrogen-bond acceptors (Lipinski definition) is 6. The second-order valence-corrected chi connectivity index (χ2v) is 7.17. The molecule has 0 spiro atoms. The van der Waals surface area contributed by atoms with Crippen molar-refractivity contribution in [1.29, 1.82) is 0 Å². The quantitative estimate of drug-likeness (QED) is 0.428. The van der Waals surface area contributed by atoms with Crippen molar-refractivity contribution >= 4 is 0 Å². The first kappa shape index (κ1) is 22.8. The Kier molecular flexibility index (Phi) is 16.9. The van der Waals surface area contributed by atoms with Gasteiger partial charge in [0, 0.05) is 0 Å². The normalized spacial score (nSPS) is 24.4. The summed E-state index contributed by atoms with van der Waals surface area (Å²) in [6.45, 7) is 13.7. The van der Waals surface area contributed by atoms with E-state index in [-0.39, 0.29) is 0 Å². The van der Waals surface area contributed by atoms with Crippen molar-refractivity contribution < 1.29 is 0 Å². The summed E-state index contributed by atoms with van der Waals surface area (Å²) in [5.74, 6) is 0. The lowest BCUT2D eigenvalue weighted by Gasteiger charge is -2.17. The van der Waals surface area contributed by atoms with Gasteiger partial charge in [0.2, 0.25) is 0 Å². The van der Waals surface area contributed by atoms with E-state index in [2.05, 4.69) is 38.5 Å². The van der Waals surface area contributed by atoms with Gasteiger partial charge in [-0.15, -0.1) is 0 Å². The third-order valence-electron chi connectivity index (χ3n) is 4.62. The molecule has 0 aromatic rings. The van der Waals surface area contributed by atoms with E-state index in [4.69, 9.17) is 0 Å². The monoisotopic (exact) mass is 356 g/mol. The Balaban J connectivity index is 2.07. The fourth-order valence-corrected chi connectivity index (χ4v) is 3.04. The number of rotatable bonds is 0. The van der Waals surface area contributed by atoms with Crippen LogP contribution in [0.2, 0.25) is 0 Å². The Bertz CT molecular complexity index is 240. The molecule has 0 bridgehead atoms. The van der Waals surface area contributed by atoms with Crippen molar-refractivity contribution in [2.24, 2.45) is 0 Å². The van der Waals surface area contributed by atoms with Gasteiger partial charge in [-0.05, 0) is 124 Å². The molecule has 6 heteroatoms. The predicted molar refractivity (Wildman–Crippen MR) is 110 cm³/mol. The Morgan fingerprint density at radius 3 is 0.920 bits per heavy atom. The third kappa shape index (κ3) is 17.0. The average Bonchev–Trinajstić information content (AvgIpc) is 2.61. The second kappa shape index (κ2) is 18.5. The van der Waals surface area contributed by atoms with Gasteiger partial charge in [0.25, 0.3) is 0 Å². The molecule has 25 heavy (non-hydrogen) atoms. The summed E-state index contributed by atoms with van der Waals surface area (Å²) in [4.78, 5) is 2.46. The molecule has 1 fully saturated rings. The van der Waals surface area contributed by atoms with Gasteiger partial charge in [-0.3, -0.25) is 0 Å². The van der Waals surface area contributed by atoms with Gasteiger partial charge in [-0.1, -0.05) is 0 Å². The third-order valence-corrected chi connectivity index (χ3v) is 4.62. The average molecular weight is 357 g/mol. The van der Waals surface area contributed by atoms with Crippen LogP contribution in [0.5, 0.6) is 0 Å². The van der Waals surface area contributed by atoms with E-state index in [0.717, 1.165) is 65.4 Å². The van der Waals surface area contributed by atoms with Crippen molar-refractivity contribution in [3.05, 3.63) is 0 Å². The molecule has 5 N–H and O–H groups in total. The van der Waals surface area contributed by atoms with Gasteiger partial charge in [0.1, 0.15) is 0 Å². The molecule has 1 aliphatic heterocycles. The molecule has 1 aliphatic rings. The molecule has 0 unspecified atom stereocenters. The van der Waals surface area contributed by atoms with E-state index in [9.17, 15) is 0 Å². The van der Waals surface area contributed by atoms with Crippen LogP contribution < -0.4 is 26.6 Å². The molecule has 6 nitrogen and oxygen atoms in total. The maximum Gasteiger partial charge on any atom is -0.000968 e. The summed E-state index contributed by atoms with van der Waals surface area (Å²) in [5.41, 5.74) is 0. The molecule has 0 aromatic heterocycles. The van der Waals surface area contributed by atoms with Gasteiger partial charge >= 0.3 is 0 Å². The van der Waals surface area contributed by atoms with Crippen LogP contribution in [0, 0.1) is 0 Å². The summed E-state index contributed by atoms with van der Waals surface area (Å²) in [5, 5.41) is 17.7. The Hall–Kier alpha value is -0.240. The summed E-state index contributed by atoms with van der Waals surface area (Å²) in [7, 11) is 2.24. The Morgan fingerprint density at radius 1 is 0.400 bits per heavy atom. The lowest BCUT2D eigenvalue weighted by atomic mass is 10.3. The van der Waals surface area contributed by atoms with Crippen LogP contribution in [-0.4, -0.2) is 90.5 Å². The topological polar surface area (TPSA) is 63.4 Å². The first-order valence-electron chi connectivity index (χ1n) is 10.6. The SMILES string of the molecule is CN1CCCNCCCNCCCNCCCNCCCNCCC1. The summed E-state index contributed by atoms with van der Waals surface area (Å²) < 4.78 is 0. The second-order valence-electron chi connectivity index (χ2n) is 7.17. The molecule has 0 aromatic carbocycles. The van der Waals surface area contributed by atoms with Gasteiger partial charge in [-0.2, -0.15) is 0 Å². The number of nitrogens with one attached hydrogen (secondary N) is 5. The highest BCUT2D eigenvalue weighted by atomic mass is 15.1. The van der Waals surface area contributed by atoms with Crippen molar-refractivity contribution in [3.63, 3.8) is 0 Å². The zero-order valence-electron chi connectivity index (χ0n) is 16.7. The molecule has 0 radical (unpaired) electrons. The van der Waals surface area contributed by atoms with E-state index >= 15 is 0 Å². The highest BCUT2D eigenvalue weighted by Crippen LogP contribution is 1.90. The maximum atomic E-state index is 3.56. The van der Waals surface area contributed by atoms with Crippen molar-refractivity contribution in [2.75, 3.05) is 85.6 Å². The largest absolute Gasteiger partial charge is 0.317 e. The fourth-order valence-electron chi connectivity index (χ4n) is 3.04. The fraction of sp³-hybridized carbons (Fsp3) is 1.00. The highest BCUT2D eigenvalue weighted by Gasteiger charge is 1.98. The standard InChI is InChI=1S/C19H44N6/c1-25-18-6-16-23-14-4-12-21-10-2-8-20-9-3-11-22-13-5-15-24-17-7-19-25/h20-24H,2-19H2,1H3. The van der Waals surface area contributed by atoms with Crippen LogP contribution >= 0.6 is 0 Å². The van der Waals surface area contributed by atoms with Crippen LogP contribution in [0.25, 0.3) is 0 Å². The van der Waals surface area contributed by atoms with Crippen molar-refractivity contribution in [3.8, 4) is 0 Å². The van der Waals surface area contributed by atoms with Crippen LogP contribution in [0.1, 0.15) is 38.5 Å². The number of nitrogens with zero attached hydrogens (tertiary/aromatic N) is 1. The molecule has 1 saturated heterocycles. The smallest absolute Gasteiger partial charge is 0.000968 e. The van der Waals surface area contributed by atoms with E-state index in [1.165, 1.54) is 51.6 Å². The highest BCUT2D eigenvalue weighted by molar-refractivity contribution is 4.59. The summed E-state index contributed by atoms with van der Waals surface area (Å²) in [6, 6.07) is 0. The molecule has 150 valence electrons. The lowest BCUT2D eigenvalue weighted by Crippen LogP contribution is -2.30. The minimum absolute atomic E-state index is 1.13. The first-order valence-corrected chi connectivity index (χ1v) is 10.6. The molecule has 1 heterocycles. The van der Waals surface area contributed by atoms with E-state index < -0.39 is 0 Å². The minimum atomic E-state index is 1.13. The molecule has 0 amide bonds. The van der Waals surface area contributed by atoms with Crippen LogP contribution in [0.4, 0.5) is 0 Å². The molecule has 1 rings (SSSR count). The van der Waals surface area contributed by atoms with E-state index in [1.54, 1.807) is 0 Å². The molecular weight excluding hydrogens is 312 g/mol. The zero-order chi connectivity index (χ0) is 17.8. The Labute approximate surface area is 156 Å². The summed E-state index contributed by atoms with van der Waals surface area (Å²) >= 11 is 0. The van der Waals surface area contributed by atoms with E-state index in [1.807, 2.05) is 0 Å². The van der Waals surface area contributed by atoms with Crippen molar-refractivity contribution in [1.82, 2.24) is 31.5 Å². The molecule has 0 aliphatic carbocycles. The van der Waals surface area contributed by atoms with Crippen LogP contribution in [-0.2, 0) is 0 Å². The minimum Gasteiger partial charge on any atom is -0.317 e. The molecule has 0 saturated carbocycles. The number of hydrogen-bond donors (Lipinski definition) is 5. The van der Waals surface area contributed by atoms with Gasteiger partial charge in [0.05, 0.1) is 0 Å². The lowest BCUT2D eigenvalue weighted by molar-refractivity contribution is 0.320. The van der Waals surface area contributed by atoms with E-state index in [0.29, 0.717) is 0 Å².